The molecule has 1 amide bonds. The van der Waals surface area contributed by atoms with Crippen molar-refractivity contribution in [2.75, 3.05) is 26.0 Å². The van der Waals surface area contributed by atoms with Gasteiger partial charge in [-0.3, -0.25) is 4.79 Å². The molecule has 1 N–H and O–H groups in total. The van der Waals surface area contributed by atoms with Gasteiger partial charge in [0.05, 0.1) is 5.75 Å². The summed E-state index contributed by atoms with van der Waals surface area (Å²) in [5.74, 6) is 1.38. The number of ether oxygens (including phenoxy) is 1. The molecule has 1 fully saturated rings. The lowest BCUT2D eigenvalue weighted by atomic mass is 9.95. The molecule has 0 aliphatic heterocycles. The molecule has 1 aliphatic carbocycles. The first-order valence-corrected chi connectivity index (χ1v) is 9.01. The molecule has 6 nitrogen and oxygen atoms in total. The molecule has 0 radical (unpaired) electrons. The van der Waals surface area contributed by atoms with Crippen LogP contribution in [0, 0.1) is 6.92 Å². The standard InChI is InChI=1S/C15H26N4O2S/c1-12-17-18-15(19(12)13-7-4-3-5-8-13)22-11-14(20)16-9-6-10-21-2/h13H,3-11H2,1-2H3,(H,16,20). The summed E-state index contributed by atoms with van der Waals surface area (Å²) in [5, 5.41) is 12.2. The van der Waals surface area contributed by atoms with Crippen LogP contribution in [0.3, 0.4) is 0 Å². The smallest absolute Gasteiger partial charge is 0.230 e. The number of hydrogen-bond acceptors (Lipinski definition) is 5. The number of nitrogens with one attached hydrogen (secondary N) is 1. The van der Waals surface area contributed by atoms with Crippen LogP contribution in [-0.2, 0) is 9.53 Å². The second-order valence-electron chi connectivity index (χ2n) is 5.68. The molecule has 1 heterocycles. The van der Waals surface area contributed by atoms with Gasteiger partial charge in [0.25, 0.3) is 0 Å². The van der Waals surface area contributed by atoms with Crippen LogP contribution in [0.5, 0.6) is 0 Å². The van der Waals surface area contributed by atoms with Crippen molar-refractivity contribution in [1.82, 2.24) is 20.1 Å². The van der Waals surface area contributed by atoms with Crippen molar-refractivity contribution in [3.8, 4) is 0 Å². The molecular weight excluding hydrogens is 300 g/mol. The summed E-state index contributed by atoms with van der Waals surface area (Å²) in [6, 6.07) is 0.496. The largest absolute Gasteiger partial charge is 0.385 e. The average molecular weight is 326 g/mol. The molecule has 1 aliphatic rings. The fourth-order valence-corrected chi connectivity index (χ4v) is 3.71. The maximum Gasteiger partial charge on any atom is 0.230 e. The molecule has 0 saturated heterocycles. The number of aryl methyl sites for hydroxylation is 1. The lowest BCUT2D eigenvalue weighted by Gasteiger charge is -2.24. The highest BCUT2D eigenvalue weighted by Crippen LogP contribution is 2.32. The van der Waals surface area contributed by atoms with Gasteiger partial charge in [0.1, 0.15) is 5.82 Å². The molecule has 1 saturated carbocycles. The van der Waals surface area contributed by atoms with Gasteiger partial charge in [0.2, 0.25) is 5.91 Å². The SMILES string of the molecule is COCCCNC(=O)CSc1nnc(C)n1C1CCCCC1. The van der Waals surface area contributed by atoms with E-state index in [-0.39, 0.29) is 5.91 Å². The molecule has 0 aromatic carbocycles. The van der Waals surface area contributed by atoms with E-state index in [9.17, 15) is 4.79 Å². The number of carbonyl (C=O) groups is 1. The Morgan fingerprint density at radius 3 is 2.86 bits per heavy atom. The van der Waals surface area contributed by atoms with E-state index in [1.165, 1.54) is 43.9 Å². The first-order valence-electron chi connectivity index (χ1n) is 8.02. The zero-order valence-electron chi connectivity index (χ0n) is 13.5. The summed E-state index contributed by atoms with van der Waals surface area (Å²) in [5.41, 5.74) is 0. The second-order valence-corrected chi connectivity index (χ2v) is 6.62. The highest BCUT2D eigenvalue weighted by atomic mass is 32.2. The van der Waals surface area contributed by atoms with E-state index in [4.69, 9.17) is 4.74 Å². The van der Waals surface area contributed by atoms with Gasteiger partial charge in [-0.1, -0.05) is 31.0 Å². The van der Waals surface area contributed by atoms with Crippen LogP contribution in [0.25, 0.3) is 0 Å². The van der Waals surface area contributed by atoms with Gasteiger partial charge >= 0.3 is 0 Å². The minimum atomic E-state index is 0.0388. The monoisotopic (exact) mass is 326 g/mol. The third-order valence-electron chi connectivity index (χ3n) is 3.95. The Morgan fingerprint density at radius 2 is 2.14 bits per heavy atom. The molecule has 0 spiro atoms. The van der Waals surface area contributed by atoms with E-state index < -0.39 is 0 Å². The Kier molecular flexibility index (Phi) is 7.18. The minimum Gasteiger partial charge on any atom is -0.385 e. The predicted molar refractivity (Wildman–Crippen MR) is 87.1 cm³/mol. The Labute approximate surface area is 136 Å². The van der Waals surface area contributed by atoms with E-state index in [0.29, 0.717) is 24.9 Å². The first kappa shape index (κ1) is 17.3. The van der Waals surface area contributed by atoms with E-state index in [2.05, 4.69) is 20.1 Å². The predicted octanol–water partition coefficient (Wildman–Crippen LogP) is 2.34. The molecule has 0 atom stereocenters. The number of thioether (sulfide) groups is 1. The number of nitrogens with zero attached hydrogens (tertiary/aromatic N) is 3. The van der Waals surface area contributed by atoms with Crippen LogP contribution in [0.2, 0.25) is 0 Å². The van der Waals surface area contributed by atoms with Crippen molar-refractivity contribution >= 4 is 17.7 Å². The van der Waals surface area contributed by atoms with Crippen molar-refractivity contribution in [1.29, 1.82) is 0 Å². The number of hydrogen-bond donors (Lipinski definition) is 1. The summed E-state index contributed by atoms with van der Waals surface area (Å²) in [6.45, 7) is 3.32. The second kappa shape index (κ2) is 9.15. The summed E-state index contributed by atoms with van der Waals surface area (Å²) >= 11 is 1.48. The highest BCUT2D eigenvalue weighted by Gasteiger charge is 2.21. The zero-order valence-corrected chi connectivity index (χ0v) is 14.3. The van der Waals surface area contributed by atoms with Gasteiger partial charge in [-0.05, 0) is 26.2 Å². The lowest BCUT2D eigenvalue weighted by Crippen LogP contribution is -2.27. The topological polar surface area (TPSA) is 69.0 Å². The Bertz CT molecular complexity index is 472. The van der Waals surface area contributed by atoms with E-state index in [1.807, 2.05) is 6.92 Å². The summed E-state index contributed by atoms with van der Waals surface area (Å²) in [6.07, 6.45) is 7.08. The highest BCUT2D eigenvalue weighted by molar-refractivity contribution is 7.99. The lowest BCUT2D eigenvalue weighted by molar-refractivity contribution is -0.118. The molecule has 22 heavy (non-hydrogen) atoms. The molecule has 124 valence electrons. The zero-order chi connectivity index (χ0) is 15.8. The third-order valence-corrected chi connectivity index (χ3v) is 4.90. The normalized spacial score (nSPS) is 15.9. The van der Waals surface area contributed by atoms with Gasteiger partial charge in [-0.25, -0.2) is 0 Å². The molecule has 7 heteroatoms. The fraction of sp³-hybridized carbons (Fsp3) is 0.800. The molecule has 0 unspecified atom stereocenters. The van der Waals surface area contributed by atoms with Crippen LogP contribution < -0.4 is 5.32 Å². The fourth-order valence-electron chi connectivity index (χ4n) is 2.83. The van der Waals surface area contributed by atoms with E-state index in [1.54, 1.807) is 7.11 Å². The van der Waals surface area contributed by atoms with Crippen LogP contribution in [-0.4, -0.2) is 46.7 Å². The summed E-state index contributed by atoms with van der Waals surface area (Å²) < 4.78 is 7.18. The van der Waals surface area contributed by atoms with E-state index >= 15 is 0 Å². The van der Waals surface area contributed by atoms with Crippen molar-refractivity contribution in [2.24, 2.45) is 0 Å². The van der Waals surface area contributed by atoms with Gasteiger partial charge in [-0.15, -0.1) is 10.2 Å². The van der Waals surface area contributed by atoms with Gasteiger partial charge in [0.15, 0.2) is 5.16 Å². The average Bonchev–Trinajstić information content (AvgIpc) is 2.91. The number of rotatable bonds is 8. The molecular formula is C15H26N4O2S. The minimum absolute atomic E-state index is 0.0388. The maximum atomic E-state index is 11.8. The van der Waals surface area contributed by atoms with Crippen LogP contribution in [0.15, 0.2) is 5.16 Å². The summed E-state index contributed by atoms with van der Waals surface area (Å²) in [7, 11) is 1.66. The summed E-state index contributed by atoms with van der Waals surface area (Å²) in [4.78, 5) is 11.8. The van der Waals surface area contributed by atoms with Crippen molar-refractivity contribution in [3.05, 3.63) is 5.82 Å². The third kappa shape index (κ3) is 4.98. The Morgan fingerprint density at radius 1 is 1.36 bits per heavy atom. The number of amides is 1. The number of methoxy groups -OCH3 is 1. The van der Waals surface area contributed by atoms with Crippen LogP contribution in [0.1, 0.15) is 50.4 Å². The number of carbonyl (C=O) groups excluding carboxylic acids is 1. The molecule has 2 rings (SSSR count). The van der Waals surface area contributed by atoms with Crippen LogP contribution >= 0.6 is 11.8 Å². The van der Waals surface area contributed by atoms with Gasteiger partial charge in [0, 0.05) is 26.3 Å². The van der Waals surface area contributed by atoms with E-state index in [0.717, 1.165) is 17.4 Å². The van der Waals surface area contributed by atoms with Crippen LogP contribution in [0.4, 0.5) is 0 Å². The number of aromatic nitrogens is 3. The van der Waals surface area contributed by atoms with Gasteiger partial charge < -0.3 is 14.6 Å². The Balaban J connectivity index is 1.83. The van der Waals surface area contributed by atoms with Crippen molar-refractivity contribution < 1.29 is 9.53 Å². The van der Waals surface area contributed by atoms with Crippen molar-refractivity contribution in [3.63, 3.8) is 0 Å². The maximum absolute atomic E-state index is 11.8. The molecule has 0 bridgehead atoms. The first-order chi connectivity index (χ1) is 10.7. The Hall–Kier alpha value is -1.08. The molecule has 1 aromatic rings. The molecule has 1 aromatic heterocycles. The van der Waals surface area contributed by atoms with Crippen molar-refractivity contribution in [2.45, 2.75) is 56.6 Å². The quantitative estimate of drug-likeness (QED) is 0.586. The van der Waals surface area contributed by atoms with Gasteiger partial charge in [-0.2, -0.15) is 0 Å².